The van der Waals surface area contributed by atoms with Gasteiger partial charge in [0.1, 0.15) is 0 Å². The van der Waals surface area contributed by atoms with Gasteiger partial charge >= 0.3 is 0 Å². The van der Waals surface area contributed by atoms with Crippen LogP contribution in [0.2, 0.25) is 5.02 Å². The van der Waals surface area contributed by atoms with Crippen LogP contribution in [0.5, 0.6) is 0 Å². The van der Waals surface area contributed by atoms with E-state index in [4.69, 9.17) is 17.3 Å². The number of rotatable bonds is 4. The Labute approximate surface area is 84.2 Å². The van der Waals surface area contributed by atoms with Crippen LogP contribution in [0, 0.1) is 0 Å². The predicted octanol–water partition coefficient (Wildman–Crippen LogP) is 2.79. The molecule has 0 bridgehead atoms. The molecule has 0 saturated carbocycles. The summed E-state index contributed by atoms with van der Waals surface area (Å²) in [6.07, 6.45) is 6.02. The van der Waals surface area contributed by atoms with E-state index in [-0.39, 0.29) is 0 Å². The lowest BCUT2D eigenvalue weighted by Crippen LogP contribution is -1.95. The van der Waals surface area contributed by atoms with Crippen LogP contribution in [0.3, 0.4) is 0 Å². The first kappa shape index (κ1) is 10.3. The molecule has 1 aromatic carbocycles. The van der Waals surface area contributed by atoms with Gasteiger partial charge < -0.3 is 5.73 Å². The lowest BCUT2D eigenvalue weighted by molar-refractivity contribution is 1.00. The Bertz CT molecular complexity index is 281. The van der Waals surface area contributed by atoms with Crippen LogP contribution in [-0.4, -0.2) is 6.54 Å². The van der Waals surface area contributed by atoms with E-state index in [9.17, 15) is 0 Å². The molecular weight excluding hydrogens is 182 g/mol. The van der Waals surface area contributed by atoms with Crippen LogP contribution in [-0.2, 0) is 6.42 Å². The summed E-state index contributed by atoms with van der Waals surface area (Å²) in [6.45, 7) is 0.707. The molecular formula is C11H14ClN. The fourth-order valence-corrected chi connectivity index (χ4v) is 1.30. The molecule has 0 spiro atoms. The van der Waals surface area contributed by atoms with Gasteiger partial charge in [0.05, 0.1) is 0 Å². The van der Waals surface area contributed by atoms with E-state index >= 15 is 0 Å². The molecule has 0 heterocycles. The van der Waals surface area contributed by atoms with Crippen molar-refractivity contribution in [2.24, 2.45) is 5.73 Å². The van der Waals surface area contributed by atoms with E-state index in [0.29, 0.717) is 6.54 Å². The molecule has 1 aromatic rings. The molecule has 0 aliphatic rings. The lowest BCUT2D eigenvalue weighted by Gasteiger charge is -1.98. The molecule has 0 fully saturated rings. The average Bonchev–Trinajstić information content (AvgIpc) is 2.15. The third-order valence-corrected chi connectivity index (χ3v) is 2.16. The zero-order chi connectivity index (χ0) is 9.52. The normalized spacial score (nSPS) is 10.9. The van der Waals surface area contributed by atoms with Crippen LogP contribution in [0.25, 0.3) is 0 Å². The maximum atomic E-state index is 5.98. The summed E-state index contributed by atoms with van der Waals surface area (Å²) in [6, 6.07) is 7.89. The molecule has 0 aliphatic carbocycles. The van der Waals surface area contributed by atoms with Gasteiger partial charge in [0, 0.05) is 5.02 Å². The van der Waals surface area contributed by atoms with E-state index in [1.807, 2.05) is 24.3 Å². The second-order valence-electron chi connectivity index (χ2n) is 2.84. The molecule has 0 atom stereocenters. The first-order chi connectivity index (χ1) is 6.34. The van der Waals surface area contributed by atoms with Crippen LogP contribution < -0.4 is 5.73 Å². The highest BCUT2D eigenvalue weighted by Crippen LogP contribution is 2.15. The number of allylic oxidation sites excluding steroid dienone is 1. The summed E-state index contributed by atoms with van der Waals surface area (Å²) in [5.74, 6) is 0. The summed E-state index contributed by atoms with van der Waals surface area (Å²) in [5.41, 5.74) is 6.52. The highest BCUT2D eigenvalue weighted by Gasteiger charge is 1.94. The Morgan fingerprint density at radius 2 is 2.00 bits per heavy atom. The number of nitrogens with two attached hydrogens (primary N) is 1. The Kier molecular flexibility index (Phi) is 4.58. The fourth-order valence-electron chi connectivity index (χ4n) is 1.09. The highest BCUT2D eigenvalue weighted by molar-refractivity contribution is 6.31. The molecule has 0 unspecified atom stereocenters. The zero-order valence-corrected chi connectivity index (χ0v) is 8.30. The third kappa shape index (κ3) is 3.62. The summed E-state index contributed by atoms with van der Waals surface area (Å²) in [5, 5.41) is 0.833. The monoisotopic (exact) mass is 195 g/mol. The van der Waals surface area contributed by atoms with Gasteiger partial charge in [-0.25, -0.2) is 0 Å². The van der Waals surface area contributed by atoms with E-state index in [0.717, 1.165) is 23.4 Å². The first-order valence-corrected chi connectivity index (χ1v) is 4.81. The van der Waals surface area contributed by atoms with E-state index in [1.165, 1.54) is 0 Å². The lowest BCUT2D eigenvalue weighted by atomic mass is 10.1. The minimum atomic E-state index is 0.707. The molecule has 2 N–H and O–H groups in total. The maximum absolute atomic E-state index is 5.98. The fraction of sp³-hybridized carbons (Fsp3) is 0.273. The van der Waals surface area contributed by atoms with Crippen LogP contribution >= 0.6 is 11.6 Å². The summed E-state index contributed by atoms with van der Waals surface area (Å²) >= 11 is 5.98. The number of halogens is 1. The molecule has 0 aliphatic heterocycles. The van der Waals surface area contributed by atoms with Crippen LogP contribution in [0.4, 0.5) is 0 Å². The predicted molar refractivity (Wildman–Crippen MR) is 58.0 cm³/mol. The van der Waals surface area contributed by atoms with Crippen molar-refractivity contribution in [1.29, 1.82) is 0 Å². The molecule has 1 rings (SSSR count). The molecule has 0 amide bonds. The Hall–Kier alpha value is -0.790. The van der Waals surface area contributed by atoms with Gasteiger partial charge in [-0.3, -0.25) is 0 Å². The van der Waals surface area contributed by atoms with E-state index < -0.39 is 0 Å². The Balaban J connectivity index is 2.49. The van der Waals surface area contributed by atoms with Gasteiger partial charge in [0.2, 0.25) is 0 Å². The molecule has 1 nitrogen and oxygen atoms in total. The zero-order valence-electron chi connectivity index (χ0n) is 7.54. The van der Waals surface area contributed by atoms with Crippen LogP contribution in [0.1, 0.15) is 12.0 Å². The number of benzene rings is 1. The number of hydrogen-bond donors (Lipinski definition) is 1. The third-order valence-electron chi connectivity index (χ3n) is 1.80. The van der Waals surface area contributed by atoms with Gasteiger partial charge in [-0.1, -0.05) is 42.0 Å². The minimum Gasteiger partial charge on any atom is -0.330 e. The van der Waals surface area contributed by atoms with Gasteiger partial charge in [0.25, 0.3) is 0 Å². The van der Waals surface area contributed by atoms with Crippen molar-refractivity contribution in [2.75, 3.05) is 6.54 Å². The first-order valence-electron chi connectivity index (χ1n) is 4.43. The summed E-state index contributed by atoms with van der Waals surface area (Å²) in [7, 11) is 0. The van der Waals surface area contributed by atoms with Crippen molar-refractivity contribution in [2.45, 2.75) is 12.8 Å². The molecule has 0 saturated heterocycles. The minimum absolute atomic E-state index is 0.707. The Morgan fingerprint density at radius 3 is 2.69 bits per heavy atom. The van der Waals surface area contributed by atoms with Gasteiger partial charge in [-0.05, 0) is 31.0 Å². The molecule has 70 valence electrons. The standard InChI is InChI=1S/C11H14ClN/c12-11-8-4-3-7-10(11)6-2-1-5-9-13/h1-4,7-8H,5-6,9,13H2. The molecule has 0 aromatic heterocycles. The van der Waals surface area contributed by atoms with Crippen molar-refractivity contribution >= 4 is 11.6 Å². The van der Waals surface area contributed by atoms with E-state index in [2.05, 4.69) is 12.2 Å². The summed E-state index contributed by atoms with van der Waals surface area (Å²) in [4.78, 5) is 0. The molecule has 13 heavy (non-hydrogen) atoms. The highest BCUT2D eigenvalue weighted by atomic mass is 35.5. The van der Waals surface area contributed by atoms with Crippen molar-refractivity contribution in [3.05, 3.63) is 47.0 Å². The maximum Gasteiger partial charge on any atom is 0.0441 e. The smallest absolute Gasteiger partial charge is 0.0441 e. The summed E-state index contributed by atoms with van der Waals surface area (Å²) < 4.78 is 0. The van der Waals surface area contributed by atoms with Crippen molar-refractivity contribution in [3.63, 3.8) is 0 Å². The van der Waals surface area contributed by atoms with E-state index in [1.54, 1.807) is 0 Å². The van der Waals surface area contributed by atoms with Crippen LogP contribution in [0.15, 0.2) is 36.4 Å². The van der Waals surface area contributed by atoms with Gasteiger partial charge in [-0.2, -0.15) is 0 Å². The Morgan fingerprint density at radius 1 is 1.23 bits per heavy atom. The second kappa shape index (κ2) is 5.79. The molecule has 0 radical (unpaired) electrons. The SMILES string of the molecule is NCCC=CCc1ccccc1Cl. The molecule has 2 heteroatoms. The van der Waals surface area contributed by atoms with Crippen molar-refractivity contribution < 1.29 is 0 Å². The largest absolute Gasteiger partial charge is 0.330 e. The van der Waals surface area contributed by atoms with Gasteiger partial charge in [-0.15, -0.1) is 0 Å². The number of hydrogen-bond acceptors (Lipinski definition) is 1. The average molecular weight is 196 g/mol. The van der Waals surface area contributed by atoms with Crippen molar-refractivity contribution in [1.82, 2.24) is 0 Å². The quantitative estimate of drug-likeness (QED) is 0.735. The second-order valence-corrected chi connectivity index (χ2v) is 3.25. The van der Waals surface area contributed by atoms with Gasteiger partial charge in [0.15, 0.2) is 0 Å². The van der Waals surface area contributed by atoms with Crippen molar-refractivity contribution in [3.8, 4) is 0 Å². The topological polar surface area (TPSA) is 26.0 Å².